The van der Waals surface area contributed by atoms with E-state index in [1.807, 2.05) is 30.5 Å². The zero-order chi connectivity index (χ0) is 13.0. The third kappa shape index (κ3) is 3.08. The average Bonchev–Trinajstić information content (AvgIpc) is 2.39. The van der Waals surface area contributed by atoms with Crippen molar-refractivity contribution >= 4 is 10.9 Å². The molecule has 1 N–H and O–H groups in total. The van der Waals surface area contributed by atoms with E-state index in [1.54, 1.807) is 0 Å². The van der Waals surface area contributed by atoms with Gasteiger partial charge in [-0.3, -0.25) is 4.98 Å². The Morgan fingerprint density at radius 2 is 2.00 bits per heavy atom. The minimum Gasteiger partial charge on any atom is -0.393 e. The number of hydrogen-bond donors (Lipinski definition) is 1. The molecule has 96 valence electrons. The number of benzene rings is 1. The Kier molecular flexibility index (Phi) is 4.32. The van der Waals surface area contributed by atoms with E-state index in [1.165, 1.54) is 5.56 Å². The third-order valence-corrected chi connectivity index (χ3v) is 3.57. The van der Waals surface area contributed by atoms with Gasteiger partial charge < -0.3 is 5.11 Å². The highest BCUT2D eigenvalue weighted by Gasteiger charge is 2.11. The molecule has 2 aromatic rings. The van der Waals surface area contributed by atoms with Crippen LogP contribution in [0.2, 0.25) is 0 Å². The fourth-order valence-electron chi connectivity index (χ4n) is 2.30. The van der Waals surface area contributed by atoms with Crippen molar-refractivity contribution in [1.29, 1.82) is 0 Å². The average molecular weight is 243 g/mol. The van der Waals surface area contributed by atoms with Crippen LogP contribution in [0.1, 0.15) is 32.3 Å². The Morgan fingerprint density at radius 1 is 1.22 bits per heavy atom. The molecule has 18 heavy (non-hydrogen) atoms. The van der Waals surface area contributed by atoms with Crippen molar-refractivity contribution in [2.45, 2.75) is 39.2 Å². The molecule has 0 bridgehead atoms. The van der Waals surface area contributed by atoms with Gasteiger partial charge in [-0.05, 0) is 36.5 Å². The summed E-state index contributed by atoms with van der Waals surface area (Å²) in [5.74, 6) is 0.577. The summed E-state index contributed by atoms with van der Waals surface area (Å²) < 4.78 is 0. The summed E-state index contributed by atoms with van der Waals surface area (Å²) in [6.45, 7) is 4.35. The Morgan fingerprint density at radius 3 is 2.78 bits per heavy atom. The van der Waals surface area contributed by atoms with Crippen molar-refractivity contribution in [3.05, 3.63) is 42.1 Å². The summed E-state index contributed by atoms with van der Waals surface area (Å²) in [6, 6.07) is 10.1. The highest BCUT2D eigenvalue weighted by molar-refractivity contribution is 5.81. The normalized spacial score (nSPS) is 14.6. The second-order valence-electron chi connectivity index (χ2n) is 5.09. The lowest BCUT2D eigenvalue weighted by atomic mass is 9.95. The van der Waals surface area contributed by atoms with Gasteiger partial charge in [-0.1, -0.05) is 38.5 Å². The van der Waals surface area contributed by atoms with Gasteiger partial charge in [0.1, 0.15) is 0 Å². The van der Waals surface area contributed by atoms with Gasteiger partial charge in [-0.2, -0.15) is 0 Å². The number of rotatable bonds is 5. The molecule has 2 unspecified atom stereocenters. The number of aliphatic hydroxyl groups is 1. The van der Waals surface area contributed by atoms with Crippen LogP contribution in [0.4, 0.5) is 0 Å². The van der Waals surface area contributed by atoms with Crippen LogP contribution in [0, 0.1) is 5.92 Å². The molecule has 1 heterocycles. The van der Waals surface area contributed by atoms with Gasteiger partial charge in [-0.15, -0.1) is 0 Å². The Labute approximate surface area is 109 Å². The maximum Gasteiger partial charge on any atom is 0.0704 e. The number of fused-ring (bicyclic) bond motifs is 1. The van der Waals surface area contributed by atoms with Crippen molar-refractivity contribution < 1.29 is 5.11 Å². The quantitative estimate of drug-likeness (QED) is 0.870. The molecule has 0 saturated carbocycles. The lowest BCUT2D eigenvalue weighted by Gasteiger charge is -2.15. The predicted octanol–water partition coefficient (Wildman–Crippen LogP) is 3.57. The number of pyridine rings is 1. The topological polar surface area (TPSA) is 33.1 Å². The van der Waals surface area contributed by atoms with Gasteiger partial charge in [-0.25, -0.2) is 0 Å². The summed E-state index contributed by atoms with van der Waals surface area (Å²) in [7, 11) is 0. The van der Waals surface area contributed by atoms with E-state index in [-0.39, 0.29) is 6.10 Å². The van der Waals surface area contributed by atoms with Gasteiger partial charge >= 0.3 is 0 Å². The molecule has 2 heteroatoms. The summed E-state index contributed by atoms with van der Waals surface area (Å²) in [5, 5.41) is 11.3. The standard InChI is InChI=1S/C16H21NO/c1-3-12(2)10-14(18)11-13-8-9-17-16-7-5-4-6-15(13)16/h4-9,12,14,18H,3,10-11H2,1-2H3. The van der Waals surface area contributed by atoms with Crippen LogP contribution in [0.3, 0.4) is 0 Å². The SMILES string of the molecule is CCC(C)CC(O)Cc1ccnc2ccccc12. The van der Waals surface area contributed by atoms with Gasteiger partial charge in [0.25, 0.3) is 0 Å². The van der Waals surface area contributed by atoms with E-state index in [4.69, 9.17) is 0 Å². The fraction of sp³-hybridized carbons (Fsp3) is 0.438. The zero-order valence-corrected chi connectivity index (χ0v) is 11.1. The van der Waals surface area contributed by atoms with Crippen molar-refractivity contribution in [2.24, 2.45) is 5.92 Å². The Balaban J connectivity index is 2.16. The van der Waals surface area contributed by atoms with Crippen LogP contribution in [-0.4, -0.2) is 16.2 Å². The van der Waals surface area contributed by atoms with Crippen LogP contribution in [0.5, 0.6) is 0 Å². The number of aromatic nitrogens is 1. The maximum absolute atomic E-state index is 10.1. The first-order valence-corrected chi connectivity index (χ1v) is 6.71. The highest BCUT2D eigenvalue weighted by Crippen LogP contribution is 2.20. The number of para-hydroxylation sites is 1. The zero-order valence-electron chi connectivity index (χ0n) is 11.1. The van der Waals surface area contributed by atoms with E-state index in [0.717, 1.165) is 23.7 Å². The van der Waals surface area contributed by atoms with Gasteiger partial charge in [0, 0.05) is 11.6 Å². The van der Waals surface area contributed by atoms with Crippen LogP contribution >= 0.6 is 0 Å². The first-order chi connectivity index (χ1) is 8.70. The van der Waals surface area contributed by atoms with E-state index in [2.05, 4.69) is 24.9 Å². The molecule has 0 spiro atoms. The van der Waals surface area contributed by atoms with Crippen molar-refractivity contribution in [3.8, 4) is 0 Å². The van der Waals surface area contributed by atoms with Crippen LogP contribution in [0.15, 0.2) is 36.5 Å². The molecule has 0 amide bonds. The maximum atomic E-state index is 10.1. The summed E-state index contributed by atoms with van der Waals surface area (Å²) in [6.07, 6.45) is 4.27. The lowest BCUT2D eigenvalue weighted by molar-refractivity contribution is 0.145. The first-order valence-electron chi connectivity index (χ1n) is 6.71. The molecule has 0 aliphatic heterocycles. The van der Waals surface area contributed by atoms with Gasteiger partial charge in [0.05, 0.1) is 11.6 Å². The summed E-state index contributed by atoms with van der Waals surface area (Å²) >= 11 is 0. The predicted molar refractivity (Wildman–Crippen MR) is 75.5 cm³/mol. The lowest BCUT2D eigenvalue weighted by Crippen LogP contribution is -2.14. The molecule has 1 aromatic heterocycles. The van der Waals surface area contributed by atoms with E-state index >= 15 is 0 Å². The van der Waals surface area contributed by atoms with Crippen molar-refractivity contribution in [1.82, 2.24) is 4.98 Å². The molecular weight excluding hydrogens is 222 g/mol. The summed E-state index contributed by atoms with van der Waals surface area (Å²) in [5.41, 5.74) is 2.20. The molecular formula is C16H21NO. The van der Waals surface area contributed by atoms with Gasteiger partial charge in [0.2, 0.25) is 0 Å². The van der Waals surface area contributed by atoms with Crippen molar-refractivity contribution in [2.75, 3.05) is 0 Å². The molecule has 0 radical (unpaired) electrons. The third-order valence-electron chi connectivity index (χ3n) is 3.57. The number of aliphatic hydroxyl groups excluding tert-OH is 1. The van der Waals surface area contributed by atoms with Crippen LogP contribution < -0.4 is 0 Å². The number of hydrogen-bond acceptors (Lipinski definition) is 2. The van der Waals surface area contributed by atoms with E-state index in [9.17, 15) is 5.11 Å². The fourth-order valence-corrected chi connectivity index (χ4v) is 2.30. The summed E-state index contributed by atoms with van der Waals surface area (Å²) in [4.78, 5) is 4.34. The smallest absolute Gasteiger partial charge is 0.0704 e. The Bertz CT molecular complexity index is 504. The van der Waals surface area contributed by atoms with E-state index in [0.29, 0.717) is 12.3 Å². The van der Waals surface area contributed by atoms with Crippen LogP contribution in [0.25, 0.3) is 10.9 Å². The first kappa shape index (κ1) is 13.0. The van der Waals surface area contributed by atoms with Crippen molar-refractivity contribution in [3.63, 3.8) is 0 Å². The second kappa shape index (κ2) is 5.96. The van der Waals surface area contributed by atoms with Crippen LogP contribution in [-0.2, 0) is 6.42 Å². The number of nitrogens with zero attached hydrogens (tertiary/aromatic N) is 1. The largest absolute Gasteiger partial charge is 0.393 e. The molecule has 2 rings (SSSR count). The highest BCUT2D eigenvalue weighted by atomic mass is 16.3. The molecule has 0 saturated heterocycles. The second-order valence-corrected chi connectivity index (χ2v) is 5.09. The molecule has 2 nitrogen and oxygen atoms in total. The molecule has 2 atom stereocenters. The Hall–Kier alpha value is -1.41. The molecule has 0 fully saturated rings. The molecule has 0 aliphatic carbocycles. The minimum absolute atomic E-state index is 0.259. The minimum atomic E-state index is -0.259. The molecule has 0 aliphatic rings. The molecule has 1 aromatic carbocycles. The van der Waals surface area contributed by atoms with E-state index < -0.39 is 0 Å². The van der Waals surface area contributed by atoms with Gasteiger partial charge in [0.15, 0.2) is 0 Å². The monoisotopic (exact) mass is 243 g/mol.